The number of aliphatic imine (C=N–C) groups is 1. The zero-order valence-electron chi connectivity index (χ0n) is 11.0. The van der Waals surface area contributed by atoms with Gasteiger partial charge in [0.05, 0.1) is 26.4 Å². The van der Waals surface area contributed by atoms with Crippen LogP contribution in [0.5, 0.6) is 0 Å². The number of rotatable bonds is 6. The van der Waals surface area contributed by atoms with Gasteiger partial charge in [0, 0.05) is 19.7 Å². The van der Waals surface area contributed by atoms with E-state index >= 15 is 0 Å². The lowest BCUT2D eigenvalue weighted by Crippen LogP contribution is -2.44. The van der Waals surface area contributed by atoms with Crippen molar-refractivity contribution >= 4 is 5.96 Å². The lowest BCUT2D eigenvalue weighted by atomic mass is 10.1. The molecule has 5 heteroatoms. The second-order valence-electron chi connectivity index (χ2n) is 4.63. The molecule has 0 aliphatic carbocycles. The minimum Gasteiger partial charge on any atom is -0.380 e. The third-order valence-corrected chi connectivity index (χ3v) is 2.68. The van der Waals surface area contributed by atoms with Gasteiger partial charge in [0.1, 0.15) is 0 Å². The van der Waals surface area contributed by atoms with Crippen molar-refractivity contribution in [2.75, 3.05) is 46.1 Å². The summed E-state index contributed by atoms with van der Waals surface area (Å²) in [6.07, 6.45) is 1.10. The van der Waals surface area contributed by atoms with E-state index < -0.39 is 0 Å². The Kier molecular flexibility index (Phi) is 6.96. The molecule has 0 bridgehead atoms. The Morgan fingerprint density at radius 2 is 2.06 bits per heavy atom. The third-order valence-electron chi connectivity index (χ3n) is 2.68. The summed E-state index contributed by atoms with van der Waals surface area (Å²) in [6, 6.07) is 0. The van der Waals surface area contributed by atoms with Crippen LogP contribution in [0.15, 0.2) is 4.99 Å². The second-order valence-corrected chi connectivity index (χ2v) is 4.63. The number of nitrogens with two attached hydrogens (primary N) is 1. The summed E-state index contributed by atoms with van der Waals surface area (Å²) in [5, 5.41) is 0. The number of morpholine rings is 1. The minimum atomic E-state index is 0.612. The van der Waals surface area contributed by atoms with Crippen LogP contribution in [0.3, 0.4) is 0 Å². The van der Waals surface area contributed by atoms with Crippen LogP contribution < -0.4 is 5.73 Å². The molecule has 100 valence electrons. The van der Waals surface area contributed by atoms with E-state index in [1.807, 2.05) is 0 Å². The Labute approximate surface area is 104 Å². The van der Waals surface area contributed by atoms with Gasteiger partial charge < -0.3 is 20.1 Å². The number of hydrogen-bond donors (Lipinski definition) is 1. The van der Waals surface area contributed by atoms with E-state index in [1.165, 1.54) is 0 Å². The molecule has 1 aliphatic rings. The summed E-state index contributed by atoms with van der Waals surface area (Å²) in [5.41, 5.74) is 5.88. The molecule has 1 saturated heterocycles. The van der Waals surface area contributed by atoms with Gasteiger partial charge in [-0.05, 0) is 12.3 Å². The number of guanidine groups is 1. The predicted molar refractivity (Wildman–Crippen MR) is 69.2 cm³/mol. The fourth-order valence-electron chi connectivity index (χ4n) is 1.54. The molecule has 1 rings (SSSR count). The second kappa shape index (κ2) is 8.31. The molecule has 0 radical (unpaired) electrons. The van der Waals surface area contributed by atoms with Crippen LogP contribution in [-0.2, 0) is 9.47 Å². The highest BCUT2D eigenvalue weighted by molar-refractivity contribution is 5.78. The summed E-state index contributed by atoms with van der Waals surface area (Å²) in [5.74, 6) is 1.30. The van der Waals surface area contributed by atoms with E-state index in [0.29, 0.717) is 25.0 Å². The summed E-state index contributed by atoms with van der Waals surface area (Å²) in [4.78, 5) is 6.36. The van der Waals surface area contributed by atoms with Crippen molar-refractivity contribution in [3.05, 3.63) is 0 Å². The Balaban J connectivity index is 2.06. The summed E-state index contributed by atoms with van der Waals surface area (Å²) in [6.45, 7) is 9.63. The van der Waals surface area contributed by atoms with E-state index in [0.717, 1.165) is 39.3 Å². The van der Waals surface area contributed by atoms with Crippen molar-refractivity contribution in [2.24, 2.45) is 16.6 Å². The maximum atomic E-state index is 5.88. The zero-order valence-corrected chi connectivity index (χ0v) is 11.0. The Morgan fingerprint density at radius 1 is 1.35 bits per heavy atom. The highest BCUT2D eigenvalue weighted by Gasteiger charge is 2.11. The molecule has 1 heterocycles. The first-order chi connectivity index (χ1) is 8.20. The molecular weight excluding hydrogens is 218 g/mol. The van der Waals surface area contributed by atoms with E-state index in [1.54, 1.807) is 0 Å². The average Bonchev–Trinajstić information content (AvgIpc) is 2.34. The van der Waals surface area contributed by atoms with Crippen LogP contribution in [0.2, 0.25) is 0 Å². The molecule has 0 unspecified atom stereocenters. The van der Waals surface area contributed by atoms with Crippen molar-refractivity contribution in [3.8, 4) is 0 Å². The largest absolute Gasteiger partial charge is 0.380 e. The highest BCUT2D eigenvalue weighted by atomic mass is 16.5. The predicted octanol–water partition coefficient (Wildman–Crippen LogP) is 0.696. The number of ether oxygens (including phenoxy) is 2. The lowest BCUT2D eigenvalue weighted by molar-refractivity contribution is 0.0672. The molecule has 0 aromatic carbocycles. The SMILES string of the molecule is CC(C)CCOCCN=C(N)N1CCOCC1. The molecule has 1 aliphatic heterocycles. The minimum absolute atomic E-state index is 0.612. The smallest absolute Gasteiger partial charge is 0.191 e. The molecule has 0 atom stereocenters. The van der Waals surface area contributed by atoms with Crippen molar-refractivity contribution in [1.29, 1.82) is 0 Å². The standard InChI is InChI=1S/C12H25N3O2/c1-11(2)3-7-16-8-4-14-12(13)15-5-9-17-10-6-15/h11H,3-10H2,1-2H3,(H2,13,14). The molecule has 2 N–H and O–H groups in total. The molecule has 0 aromatic heterocycles. The van der Waals surface area contributed by atoms with Gasteiger partial charge in [-0.25, -0.2) is 0 Å². The van der Waals surface area contributed by atoms with Gasteiger partial charge in [0.25, 0.3) is 0 Å². The topological polar surface area (TPSA) is 60.1 Å². The molecule has 0 amide bonds. The van der Waals surface area contributed by atoms with Gasteiger partial charge in [-0.15, -0.1) is 0 Å². The first-order valence-corrected chi connectivity index (χ1v) is 6.40. The maximum Gasteiger partial charge on any atom is 0.191 e. The zero-order chi connectivity index (χ0) is 12.5. The van der Waals surface area contributed by atoms with Gasteiger partial charge in [0.15, 0.2) is 5.96 Å². The summed E-state index contributed by atoms with van der Waals surface area (Å²) in [7, 11) is 0. The number of nitrogens with zero attached hydrogens (tertiary/aromatic N) is 2. The molecule has 1 fully saturated rings. The fourth-order valence-corrected chi connectivity index (χ4v) is 1.54. The van der Waals surface area contributed by atoms with Crippen LogP contribution in [-0.4, -0.2) is 56.9 Å². The first kappa shape index (κ1) is 14.3. The normalized spacial score (nSPS) is 17.8. The average molecular weight is 243 g/mol. The van der Waals surface area contributed by atoms with Gasteiger partial charge in [-0.2, -0.15) is 0 Å². The van der Waals surface area contributed by atoms with Crippen LogP contribution in [0.25, 0.3) is 0 Å². The van der Waals surface area contributed by atoms with E-state index in [-0.39, 0.29) is 0 Å². The lowest BCUT2D eigenvalue weighted by Gasteiger charge is -2.27. The Hall–Kier alpha value is -0.810. The van der Waals surface area contributed by atoms with E-state index in [9.17, 15) is 0 Å². The van der Waals surface area contributed by atoms with Crippen molar-refractivity contribution in [1.82, 2.24) is 4.90 Å². The molecular formula is C12H25N3O2. The van der Waals surface area contributed by atoms with E-state index in [2.05, 4.69) is 23.7 Å². The Morgan fingerprint density at radius 3 is 2.71 bits per heavy atom. The molecule has 0 spiro atoms. The highest BCUT2D eigenvalue weighted by Crippen LogP contribution is 1.99. The maximum absolute atomic E-state index is 5.88. The van der Waals surface area contributed by atoms with Gasteiger partial charge in [0.2, 0.25) is 0 Å². The molecule has 0 aromatic rings. The van der Waals surface area contributed by atoms with Crippen LogP contribution in [0, 0.1) is 5.92 Å². The van der Waals surface area contributed by atoms with Crippen molar-refractivity contribution < 1.29 is 9.47 Å². The quantitative estimate of drug-likeness (QED) is 0.424. The first-order valence-electron chi connectivity index (χ1n) is 6.40. The molecule has 17 heavy (non-hydrogen) atoms. The van der Waals surface area contributed by atoms with Crippen LogP contribution >= 0.6 is 0 Å². The number of hydrogen-bond acceptors (Lipinski definition) is 3. The van der Waals surface area contributed by atoms with Gasteiger partial charge >= 0.3 is 0 Å². The van der Waals surface area contributed by atoms with Crippen molar-refractivity contribution in [2.45, 2.75) is 20.3 Å². The van der Waals surface area contributed by atoms with Crippen molar-refractivity contribution in [3.63, 3.8) is 0 Å². The summed E-state index contributed by atoms with van der Waals surface area (Å²) >= 11 is 0. The fraction of sp³-hybridized carbons (Fsp3) is 0.917. The van der Waals surface area contributed by atoms with Gasteiger partial charge in [-0.3, -0.25) is 4.99 Å². The molecule has 0 saturated carbocycles. The monoisotopic (exact) mass is 243 g/mol. The van der Waals surface area contributed by atoms with Crippen LogP contribution in [0.4, 0.5) is 0 Å². The van der Waals surface area contributed by atoms with Gasteiger partial charge in [-0.1, -0.05) is 13.8 Å². The molecule has 5 nitrogen and oxygen atoms in total. The van der Waals surface area contributed by atoms with E-state index in [4.69, 9.17) is 15.2 Å². The van der Waals surface area contributed by atoms with Crippen LogP contribution in [0.1, 0.15) is 20.3 Å². The third kappa shape index (κ3) is 6.48. The summed E-state index contributed by atoms with van der Waals surface area (Å²) < 4.78 is 10.7. The Bertz CT molecular complexity index is 226.